The molecule has 0 saturated heterocycles. The van der Waals surface area contributed by atoms with Crippen molar-refractivity contribution in [2.45, 2.75) is 26.4 Å². The lowest BCUT2D eigenvalue weighted by molar-refractivity contribution is 0.698. The van der Waals surface area contributed by atoms with Crippen LogP contribution in [0.4, 0.5) is 0 Å². The number of hydrogen-bond acceptors (Lipinski definition) is 2. The zero-order chi connectivity index (χ0) is 7.11. The van der Waals surface area contributed by atoms with E-state index in [1.807, 2.05) is 0 Å². The zero-order valence-electron chi connectivity index (χ0n) is 6.70. The Morgan fingerprint density at radius 3 is 2.44 bits per heavy atom. The molecule has 0 aliphatic rings. The Bertz CT molecular complexity index is 59.0. The molecule has 1 unspecified atom stereocenters. The molecule has 0 aromatic heterocycles. The van der Waals surface area contributed by atoms with Crippen LogP contribution in [-0.4, -0.2) is 22.2 Å². The summed E-state index contributed by atoms with van der Waals surface area (Å²) < 4.78 is 0. The maximum Gasteiger partial charge on any atom is 0.106 e. The summed E-state index contributed by atoms with van der Waals surface area (Å²) >= 11 is 0. The van der Waals surface area contributed by atoms with E-state index >= 15 is 0 Å². The molecule has 0 rings (SSSR count). The Morgan fingerprint density at radius 1 is 1.33 bits per heavy atom. The molecule has 0 radical (unpaired) electrons. The van der Waals surface area contributed by atoms with Gasteiger partial charge in [-0.25, -0.2) is 0 Å². The van der Waals surface area contributed by atoms with E-state index in [0.29, 0.717) is 0 Å². The van der Waals surface area contributed by atoms with Crippen LogP contribution in [0.2, 0.25) is 12.6 Å². The standard InChI is InChI=1S/C6H18N2Si/c1-4-7-6-8-9(3)5-2/h7-9H,4-6H2,1-3H3. The van der Waals surface area contributed by atoms with Gasteiger partial charge in [-0.15, -0.1) is 0 Å². The highest BCUT2D eigenvalue weighted by atomic mass is 28.3. The van der Waals surface area contributed by atoms with Crippen molar-refractivity contribution in [2.75, 3.05) is 13.2 Å². The lowest BCUT2D eigenvalue weighted by Crippen LogP contribution is -2.37. The van der Waals surface area contributed by atoms with Crippen LogP contribution < -0.4 is 10.3 Å². The second-order valence-corrected chi connectivity index (χ2v) is 5.32. The van der Waals surface area contributed by atoms with Crippen LogP contribution in [0, 0.1) is 0 Å². The highest BCUT2D eigenvalue weighted by molar-refractivity contribution is 6.54. The molecule has 0 aromatic carbocycles. The summed E-state index contributed by atoms with van der Waals surface area (Å²) in [5.41, 5.74) is 0. The summed E-state index contributed by atoms with van der Waals surface area (Å²) in [7, 11) is -0.525. The molecule has 2 nitrogen and oxygen atoms in total. The van der Waals surface area contributed by atoms with Gasteiger partial charge in [0, 0.05) is 6.67 Å². The molecular weight excluding hydrogens is 128 g/mol. The van der Waals surface area contributed by atoms with Gasteiger partial charge in [0.1, 0.15) is 8.96 Å². The van der Waals surface area contributed by atoms with Crippen LogP contribution in [-0.2, 0) is 0 Å². The SMILES string of the molecule is CCNCN[SiH](C)CC. The van der Waals surface area contributed by atoms with Crippen LogP contribution in [0.5, 0.6) is 0 Å². The largest absolute Gasteiger partial charge is 0.328 e. The van der Waals surface area contributed by atoms with Gasteiger partial charge in [0.15, 0.2) is 0 Å². The van der Waals surface area contributed by atoms with E-state index < -0.39 is 8.96 Å². The molecule has 0 amide bonds. The Morgan fingerprint density at radius 2 is 2.00 bits per heavy atom. The van der Waals surface area contributed by atoms with Crippen LogP contribution in [0.25, 0.3) is 0 Å². The molecule has 2 N–H and O–H groups in total. The average molecular weight is 146 g/mol. The maximum atomic E-state index is 3.46. The molecule has 0 aliphatic carbocycles. The molecule has 0 aromatic rings. The summed E-state index contributed by atoms with van der Waals surface area (Å²) in [5.74, 6) is 0. The monoisotopic (exact) mass is 146 g/mol. The van der Waals surface area contributed by atoms with Gasteiger partial charge in [-0.1, -0.05) is 26.4 Å². The third kappa shape index (κ3) is 6.02. The highest BCUT2D eigenvalue weighted by Crippen LogP contribution is 1.81. The molecule has 0 saturated carbocycles. The normalized spacial score (nSPS) is 13.7. The molecule has 0 bridgehead atoms. The first-order chi connectivity index (χ1) is 4.31. The predicted molar refractivity (Wildman–Crippen MR) is 45.2 cm³/mol. The topological polar surface area (TPSA) is 24.1 Å². The van der Waals surface area contributed by atoms with Gasteiger partial charge < -0.3 is 10.3 Å². The van der Waals surface area contributed by atoms with Gasteiger partial charge in [-0.3, -0.25) is 0 Å². The first-order valence-corrected chi connectivity index (χ1v) is 6.30. The van der Waals surface area contributed by atoms with Crippen LogP contribution >= 0.6 is 0 Å². The molecule has 0 spiro atoms. The Balaban J connectivity index is 2.88. The van der Waals surface area contributed by atoms with Gasteiger partial charge in [0.2, 0.25) is 0 Å². The summed E-state index contributed by atoms with van der Waals surface area (Å²) in [6, 6.07) is 1.34. The van der Waals surface area contributed by atoms with E-state index in [1.165, 1.54) is 6.04 Å². The van der Waals surface area contributed by atoms with Crippen LogP contribution in [0.15, 0.2) is 0 Å². The number of nitrogens with one attached hydrogen (secondary N) is 2. The van der Waals surface area contributed by atoms with Crippen molar-refractivity contribution in [3.63, 3.8) is 0 Å². The van der Waals surface area contributed by atoms with E-state index in [0.717, 1.165) is 13.2 Å². The first kappa shape index (κ1) is 9.14. The van der Waals surface area contributed by atoms with E-state index in [2.05, 4.69) is 30.7 Å². The Labute approximate surface area is 59.7 Å². The molecule has 0 aliphatic heterocycles. The quantitative estimate of drug-likeness (QED) is 0.336. The predicted octanol–water partition coefficient (Wildman–Crippen LogP) is 0.516. The summed E-state index contributed by atoms with van der Waals surface area (Å²) in [6.45, 7) is 8.77. The van der Waals surface area contributed by atoms with Gasteiger partial charge in [-0.2, -0.15) is 0 Å². The third-order valence-electron chi connectivity index (χ3n) is 1.44. The van der Waals surface area contributed by atoms with E-state index in [-0.39, 0.29) is 0 Å². The lowest BCUT2D eigenvalue weighted by atomic mass is 10.8. The first-order valence-electron chi connectivity index (χ1n) is 3.75. The van der Waals surface area contributed by atoms with Crippen molar-refractivity contribution < 1.29 is 0 Å². The van der Waals surface area contributed by atoms with Crippen molar-refractivity contribution in [1.82, 2.24) is 10.3 Å². The van der Waals surface area contributed by atoms with E-state index in [1.54, 1.807) is 0 Å². The third-order valence-corrected chi connectivity index (χ3v) is 3.56. The lowest BCUT2D eigenvalue weighted by Gasteiger charge is -2.08. The molecule has 3 heteroatoms. The smallest absolute Gasteiger partial charge is 0.106 e. The van der Waals surface area contributed by atoms with Crippen molar-refractivity contribution in [3.05, 3.63) is 0 Å². The summed E-state index contributed by atoms with van der Waals surface area (Å²) in [4.78, 5) is 3.46. The second-order valence-electron chi connectivity index (χ2n) is 2.29. The second kappa shape index (κ2) is 6.26. The number of rotatable bonds is 5. The Hall–Kier alpha value is 0.137. The molecule has 1 atom stereocenters. The van der Waals surface area contributed by atoms with Crippen molar-refractivity contribution >= 4 is 8.96 Å². The van der Waals surface area contributed by atoms with Gasteiger partial charge in [0.25, 0.3) is 0 Å². The minimum absolute atomic E-state index is 0.525. The van der Waals surface area contributed by atoms with Crippen molar-refractivity contribution in [2.24, 2.45) is 0 Å². The van der Waals surface area contributed by atoms with Crippen molar-refractivity contribution in [3.8, 4) is 0 Å². The average Bonchev–Trinajstić information content (AvgIpc) is 1.89. The minimum Gasteiger partial charge on any atom is -0.328 e. The number of hydrogen-bond donors (Lipinski definition) is 2. The van der Waals surface area contributed by atoms with Crippen LogP contribution in [0.1, 0.15) is 13.8 Å². The summed E-state index contributed by atoms with van der Waals surface area (Å²) in [5, 5.41) is 3.24. The fraction of sp³-hybridized carbons (Fsp3) is 1.00. The molecule has 56 valence electrons. The fourth-order valence-electron chi connectivity index (χ4n) is 0.516. The van der Waals surface area contributed by atoms with Gasteiger partial charge >= 0.3 is 0 Å². The zero-order valence-corrected chi connectivity index (χ0v) is 7.85. The van der Waals surface area contributed by atoms with Crippen molar-refractivity contribution in [1.29, 1.82) is 0 Å². The summed E-state index contributed by atoms with van der Waals surface area (Å²) in [6.07, 6.45) is 0. The molecular formula is C6H18N2Si. The highest BCUT2D eigenvalue weighted by Gasteiger charge is 1.95. The van der Waals surface area contributed by atoms with E-state index in [9.17, 15) is 0 Å². The molecule has 9 heavy (non-hydrogen) atoms. The molecule has 0 fully saturated rings. The minimum atomic E-state index is -0.525. The van der Waals surface area contributed by atoms with Gasteiger partial charge in [0.05, 0.1) is 0 Å². The molecule has 0 heterocycles. The van der Waals surface area contributed by atoms with Gasteiger partial charge in [-0.05, 0) is 6.54 Å². The maximum absolute atomic E-state index is 3.46. The Kier molecular flexibility index (Phi) is 6.35. The van der Waals surface area contributed by atoms with Crippen LogP contribution in [0.3, 0.4) is 0 Å². The van der Waals surface area contributed by atoms with E-state index in [4.69, 9.17) is 0 Å². The fourth-order valence-corrected chi connectivity index (χ4v) is 1.30.